The van der Waals surface area contributed by atoms with Crippen molar-refractivity contribution in [1.29, 1.82) is 0 Å². The van der Waals surface area contributed by atoms with E-state index in [0.29, 0.717) is 19.3 Å². The van der Waals surface area contributed by atoms with Crippen LogP contribution in [0.5, 0.6) is 0 Å². The Balaban J connectivity index is 4.33. The molecule has 1 unspecified atom stereocenters. The Morgan fingerprint density at radius 1 is 0.292 bits per heavy atom. The molecule has 0 saturated carbocycles. The van der Waals surface area contributed by atoms with Gasteiger partial charge in [0, 0.05) is 19.3 Å². The van der Waals surface area contributed by atoms with Crippen molar-refractivity contribution in [2.45, 2.75) is 303 Å². The summed E-state index contributed by atoms with van der Waals surface area (Å²) in [6.07, 6.45) is 78.7. The molecule has 0 radical (unpaired) electrons. The van der Waals surface area contributed by atoms with Crippen molar-refractivity contribution in [2.24, 2.45) is 0 Å². The number of hydrogen-bond donors (Lipinski definition) is 0. The van der Waals surface area contributed by atoms with Gasteiger partial charge < -0.3 is 14.2 Å². The molecule has 414 valence electrons. The van der Waals surface area contributed by atoms with Gasteiger partial charge in [-0.25, -0.2) is 0 Å². The number of rotatable bonds is 55. The van der Waals surface area contributed by atoms with Gasteiger partial charge in [-0.15, -0.1) is 0 Å². The minimum Gasteiger partial charge on any atom is -0.462 e. The van der Waals surface area contributed by atoms with Crippen LogP contribution in [-0.4, -0.2) is 37.2 Å². The second kappa shape index (κ2) is 60.1. The molecule has 0 amide bonds. The molecule has 6 nitrogen and oxygen atoms in total. The standard InChI is InChI=1S/C66H114O6/c1-4-7-10-13-16-19-22-25-27-29-30-31-32-33-34-35-36-37-39-41-44-47-50-53-56-59-65(68)71-62-63(61-70-64(67)58-55-52-49-46-43-40-24-21-18-15-12-9-6-3)72-66(69)60-57-54-51-48-45-42-38-28-26-23-20-17-14-11-8-5-2/h9,12,18,21-22,25,28-30,32-33,38,40,43,63H,4-8,10-11,13-17,19-20,23-24,26-27,31,34-37,39,41-42,44-62H2,1-3H3/b12-9-,21-18-,25-22-,30-29-,33-32-,38-28-,43-40-. The van der Waals surface area contributed by atoms with Gasteiger partial charge in [-0.3, -0.25) is 14.4 Å². The van der Waals surface area contributed by atoms with E-state index in [9.17, 15) is 14.4 Å². The average molecular weight is 1000 g/mol. The number of allylic oxidation sites excluding steroid dienone is 14. The number of ether oxygens (including phenoxy) is 3. The second-order valence-electron chi connectivity index (χ2n) is 20.2. The van der Waals surface area contributed by atoms with Crippen LogP contribution < -0.4 is 0 Å². The largest absolute Gasteiger partial charge is 0.462 e. The van der Waals surface area contributed by atoms with Crippen LogP contribution in [0.4, 0.5) is 0 Å². The van der Waals surface area contributed by atoms with E-state index in [1.54, 1.807) is 0 Å². The Kier molecular flexibility index (Phi) is 57.3. The summed E-state index contributed by atoms with van der Waals surface area (Å²) in [5.74, 6) is -0.926. The third-order valence-electron chi connectivity index (χ3n) is 13.1. The zero-order valence-electron chi connectivity index (χ0n) is 47.4. The summed E-state index contributed by atoms with van der Waals surface area (Å²) in [5.41, 5.74) is 0. The first kappa shape index (κ1) is 68.6. The van der Waals surface area contributed by atoms with Crippen LogP contribution in [0, 0.1) is 0 Å². The molecule has 6 heteroatoms. The molecule has 72 heavy (non-hydrogen) atoms. The maximum atomic E-state index is 12.9. The maximum absolute atomic E-state index is 12.9. The molecule has 0 aliphatic rings. The van der Waals surface area contributed by atoms with Crippen LogP contribution in [-0.2, 0) is 28.6 Å². The quantitative estimate of drug-likeness (QED) is 0.0261. The topological polar surface area (TPSA) is 78.9 Å². The van der Waals surface area contributed by atoms with Gasteiger partial charge in [0.25, 0.3) is 0 Å². The van der Waals surface area contributed by atoms with Crippen LogP contribution in [0.1, 0.15) is 297 Å². The van der Waals surface area contributed by atoms with Gasteiger partial charge in [-0.2, -0.15) is 0 Å². The molecule has 0 rings (SSSR count). The van der Waals surface area contributed by atoms with Gasteiger partial charge in [-0.1, -0.05) is 247 Å². The van der Waals surface area contributed by atoms with E-state index in [-0.39, 0.29) is 31.1 Å². The summed E-state index contributed by atoms with van der Waals surface area (Å²) < 4.78 is 16.9. The molecule has 0 saturated heterocycles. The van der Waals surface area contributed by atoms with Gasteiger partial charge >= 0.3 is 17.9 Å². The maximum Gasteiger partial charge on any atom is 0.306 e. The molecule has 0 aromatic carbocycles. The van der Waals surface area contributed by atoms with E-state index in [0.717, 1.165) is 109 Å². The van der Waals surface area contributed by atoms with E-state index in [4.69, 9.17) is 14.2 Å². The van der Waals surface area contributed by atoms with Crippen molar-refractivity contribution in [2.75, 3.05) is 13.2 Å². The summed E-state index contributed by atoms with van der Waals surface area (Å²) in [4.78, 5) is 38.2. The monoisotopic (exact) mass is 1000 g/mol. The van der Waals surface area contributed by atoms with Crippen molar-refractivity contribution in [1.82, 2.24) is 0 Å². The molecule has 0 spiro atoms. The lowest BCUT2D eigenvalue weighted by Gasteiger charge is -2.18. The minimum atomic E-state index is -0.795. The van der Waals surface area contributed by atoms with Crippen molar-refractivity contribution in [3.63, 3.8) is 0 Å². The summed E-state index contributed by atoms with van der Waals surface area (Å²) in [5, 5.41) is 0. The fraction of sp³-hybridized carbons (Fsp3) is 0.742. The number of esters is 3. The van der Waals surface area contributed by atoms with Gasteiger partial charge in [-0.05, 0) is 116 Å². The van der Waals surface area contributed by atoms with Gasteiger partial charge in [0.2, 0.25) is 0 Å². The Labute approximate surface area is 445 Å². The minimum absolute atomic E-state index is 0.0909. The highest BCUT2D eigenvalue weighted by atomic mass is 16.6. The third-order valence-corrected chi connectivity index (χ3v) is 13.1. The normalized spacial score (nSPS) is 12.7. The zero-order valence-corrected chi connectivity index (χ0v) is 47.4. The lowest BCUT2D eigenvalue weighted by atomic mass is 10.1. The molecule has 0 heterocycles. The second-order valence-corrected chi connectivity index (χ2v) is 20.2. The van der Waals surface area contributed by atoms with E-state index in [1.807, 2.05) is 0 Å². The smallest absolute Gasteiger partial charge is 0.306 e. The number of unbranched alkanes of at least 4 members (excludes halogenated alkanes) is 30. The predicted molar refractivity (Wildman–Crippen MR) is 311 cm³/mol. The summed E-state index contributed by atoms with van der Waals surface area (Å²) in [6.45, 7) is 6.49. The SMILES string of the molecule is CC/C=C\C/C=C\C/C=C\CCCCCC(=O)OCC(COC(=O)CCCCCCCCCCCC/C=C\C/C=C\C/C=C\CCCCCCC)OC(=O)CCCCCCC/C=C\CCCCCCCCC. The highest BCUT2D eigenvalue weighted by Crippen LogP contribution is 2.15. The molecule has 0 aliphatic heterocycles. The molecule has 0 aliphatic carbocycles. The molecule has 1 atom stereocenters. The Hall–Kier alpha value is -3.41. The van der Waals surface area contributed by atoms with Crippen LogP contribution in [0.15, 0.2) is 85.1 Å². The summed E-state index contributed by atoms with van der Waals surface area (Å²) >= 11 is 0. The molecule has 0 bridgehead atoms. The molecule has 0 aromatic rings. The highest BCUT2D eigenvalue weighted by molar-refractivity contribution is 5.71. The average Bonchev–Trinajstić information content (AvgIpc) is 3.38. The van der Waals surface area contributed by atoms with Crippen molar-refractivity contribution < 1.29 is 28.6 Å². The highest BCUT2D eigenvalue weighted by Gasteiger charge is 2.19. The van der Waals surface area contributed by atoms with E-state index in [1.165, 1.54) is 148 Å². The van der Waals surface area contributed by atoms with Crippen molar-refractivity contribution >= 4 is 17.9 Å². The lowest BCUT2D eigenvalue weighted by molar-refractivity contribution is -0.167. The molecule has 0 fully saturated rings. The summed E-state index contributed by atoms with van der Waals surface area (Å²) in [6, 6.07) is 0. The first-order valence-corrected chi connectivity index (χ1v) is 30.6. The molecule has 0 N–H and O–H groups in total. The van der Waals surface area contributed by atoms with E-state index >= 15 is 0 Å². The van der Waals surface area contributed by atoms with E-state index in [2.05, 4.69) is 106 Å². The fourth-order valence-electron chi connectivity index (χ4n) is 8.52. The molecule has 0 aromatic heterocycles. The van der Waals surface area contributed by atoms with Crippen molar-refractivity contribution in [3.05, 3.63) is 85.1 Å². The van der Waals surface area contributed by atoms with E-state index < -0.39 is 6.10 Å². The molecular weight excluding hydrogens is 889 g/mol. The fourth-order valence-corrected chi connectivity index (χ4v) is 8.52. The van der Waals surface area contributed by atoms with Gasteiger partial charge in [0.1, 0.15) is 13.2 Å². The number of carbonyl (C=O) groups excluding carboxylic acids is 3. The van der Waals surface area contributed by atoms with Crippen LogP contribution in [0.3, 0.4) is 0 Å². The van der Waals surface area contributed by atoms with Crippen LogP contribution in [0.2, 0.25) is 0 Å². The number of hydrogen-bond acceptors (Lipinski definition) is 6. The zero-order chi connectivity index (χ0) is 52.2. The first-order chi connectivity index (χ1) is 35.5. The van der Waals surface area contributed by atoms with Crippen LogP contribution >= 0.6 is 0 Å². The first-order valence-electron chi connectivity index (χ1n) is 30.6. The van der Waals surface area contributed by atoms with Crippen LogP contribution in [0.25, 0.3) is 0 Å². The Morgan fingerprint density at radius 2 is 0.542 bits per heavy atom. The number of carbonyl (C=O) groups is 3. The van der Waals surface area contributed by atoms with Crippen molar-refractivity contribution in [3.8, 4) is 0 Å². The lowest BCUT2D eigenvalue weighted by Crippen LogP contribution is -2.30. The Bertz CT molecular complexity index is 1380. The third kappa shape index (κ3) is 57.5. The Morgan fingerprint density at radius 3 is 0.875 bits per heavy atom. The molecular formula is C66H114O6. The van der Waals surface area contributed by atoms with Gasteiger partial charge in [0.15, 0.2) is 6.10 Å². The predicted octanol–water partition coefficient (Wildman–Crippen LogP) is 20.7. The summed E-state index contributed by atoms with van der Waals surface area (Å²) in [7, 11) is 0. The van der Waals surface area contributed by atoms with Gasteiger partial charge in [0.05, 0.1) is 0 Å².